The summed E-state index contributed by atoms with van der Waals surface area (Å²) in [6.07, 6.45) is 1.61. The number of carbonyl (C=O) groups is 1. The molecular formula is C11H16N2O2S. The molecule has 0 atom stereocenters. The maximum atomic E-state index is 11.1. The van der Waals surface area contributed by atoms with Crippen LogP contribution in [-0.4, -0.2) is 26.3 Å². The zero-order chi connectivity index (χ0) is 12.3. The van der Waals surface area contributed by atoms with E-state index in [1.807, 2.05) is 27.7 Å². The summed E-state index contributed by atoms with van der Waals surface area (Å²) in [5, 5.41) is 9.39. The minimum atomic E-state index is -0.993. The summed E-state index contributed by atoms with van der Waals surface area (Å²) in [5.74, 6) is -0.283. The zero-order valence-electron chi connectivity index (χ0n) is 9.89. The summed E-state index contributed by atoms with van der Waals surface area (Å²) < 4.78 is 0. The second-order valence-corrected chi connectivity index (χ2v) is 5.69. The van der Waals surface area contributed by atoms with Crippen LogP contribution in [0.15, 0.2) is 11.1 Å². The Hall–Kier alpha value is -1.10. The van der Waals surface area contributed by atoms with Gasteiger partial charge in [-0.1, -0.05) is 27.7 Å². The Morgan fingerprint density at radius 3 is 2.44 bits per heavy atom. The van der Waals surface area contributed by atoms with Crippen LogP contribution in [0.5, 0.6) is 0 Å². The molecule has 4 nitrogen and oxygen atoms in total. The lowest BCUT2D eigenvalue weighted by Crippen LogP contribution is -2.09. The second-order valence-electron chi connectivity index (χ2n) is 4.07. The molecule has 1 rings (SSSR count). The average Bonchev–Trinajstić information content (AvgIpc) is 2.16. The molecule has 88 valence electrons. The smallest absolute Gasteiger partial charge is 0.355 e. The quantitative estimate of drug-likeness (QED) is 0.820. The fraction of sp³-hybridized carbons (Fsp3) is 0.545. The minimum Gasteiger partial charge on any atom is -0.476 e. The van der Waals surface area contributed by atoms with Gasteiger partial charge in [0.15, 0.2) is 5.69 Å². The summed E-state index contributed by atoms with van der Waals surface area (Å²) in [4.78, 5) is 20.0. The lowest BCUT2D eigenvalue weighted by atomic mass is 10.2. The third-order valence-corrected chi connectivity index (χ3v) is 2.88. The van der Waals surface area contributed by atoms with Crippen LogP contribution in [0.1, 0.15) is 49.9 Å². The topological polar surface area (TPSA) is 63.1 Å². The Kier molecular flexibility index (Phi) is 4.29. The molecule has 0 fully saturated rings. The van der Waals surface area contributed by atoms with Gasteiger partial charge in [0.2, 0.25) is 0 Å². The Bertz CT molecular complexity index is 392. The second kappa shape index (κ2) is 5.30. The molecule has 0 radical (unpaired) electrons. The third-order valence-electron chi connectivity index (χ3n) is 1.86. The summed E-state index contributed by atoms with van der Waals surface area (Å²) in [6.45, 7) is 7.89. The molecule has 0 saturated heterocycles. The van der Waals surface area contributed by atoms with Crippen LogP contribution in [0.25, 0.3) is 0 Å². The molecule has 0 amide bonds. The van der Waals surface area contributed by atoms with Crippen molar-refractivity contribution < 1.29 is 9.90 Å². The van der Waals surface area contributed by atoms with E-state index >= 15 is 0 Å². The number of aromatic carboxylic acids is 1. The maximum absolute atomic E-state index is 11.1. The van der Waals surface area contributed by atoms with Gasteiger partial charge in [-0.15, -0.1) is 11.8 Å². The van der Waals surface area contributed by atoms with E-state index < -0.39 is 5.97 Å². The van der Waals surface area contributed by atoms with Gasteiger partial charge in [-0.2, -0.15) is 0 Å². The van der Waals surface area contributed by atoms with Crippen LogP contribution in [0, 0.1) is 0 Å². The minimum absolute atomic E-state index is 0.109. The molecule has 1 aromatic rings. The highest BCUT2D eigenvalue weighted by Crippen LogP contribution is 2.25. The van der Waals surface area contributed by atoms with Crippen LogP contribution in [0.3, 0.4) is 0 Å². The highest BCUT2D eigenvalue weighted by molar-refractivity contribution is 8.00. The predicted octanol–water partition coefficient (Wildman–Crippen LogP) is 2.80. The molecule has 0 aliphatic heterocycles. The number of nitrogens with zero attached hydrogens (tertiary/aromatic N) is 2. The number of hydrogen-bond acceptors (Lipinski definition) is 4. The molecule has 0 bridgehead atoms. The van der Waals surface area contributed by atoms with E-state index in [0.717, 1.165) is 0 Å². The molecule has 1 aromatic heterocycles. The van der Waals surface area contributed by atoms with Crippen molar-refractivity contribution in [1.82, 2.24) is 9.97 Å². The van der Waals surface area contributed by atoms with E-state index in [-0.39, 0.29) is 11.6 Å². The van der Waals surface area contributed by atoms with Crippen LogP contribution in [-0.2, 0) is 0 Å². The molecule has 1 heterocycles. The van der Waals surface area contributed by atoms with Crippen molar-refractivity contribution in [3.8, 4) is 0 Å². The lowest BCUT2D eigenvalue weighted by molar-refractivity contribution is 0.0685. The number of aromatic nitrogens is 2. The SMILES string of the molecule is CC(C)Sc1cnc(C(C)C)nc1C(=O)O. The number of carboxylic acids is 1. The van der Waals surface area contributed by atoms with Gasteiger partial charge in [0, 0.05) is 17.4 Å². The monoisotopic (exact) mass is 240 g/mol. The summed E-state index contributed by atoms with van der Waals surface area (Å²) in [5.41, 5.74) is 0.109. The first-order valence-corrected chi connectivity index (χ1v) is 6.06. The predicted molar refractivity (Wildman–Crippen MR) is 64.1 cm³/mol. The Morgan fingerprint density at radius 2 is 2.00 bits per heavy atom. The van der Waals surface area contributed by atoms with Gasteiger partial charge < -0.3 is 5.11 Å². The van der Waals surface area contributed by atoms with Crippen LogP contribution in [0.4, 0.5) is 0 Å². The lowest BCUT2D eigenvalue weighted by Gasteiger charge is -2.10. The third kappa shape index (κ3) is 3.20. The van der Waals surface area contributed by atoms with E-state index in [0.29, 0.717) is 16.0 Å². The van der Waals surface area contributed by atoms with Crippen molar-refractivity contribution in [3.63, 3.8) is 0 Å². The molecule has 5 heteroatoms. The van der Waals surface area contributed by atoms with Crippen molar-refractivity contribution in [3.05, 3.63) is 17.7 Å². The number of rotatable bonds is 4. The standard InChI is InChI=1S/C11H16N2O2S/c1-6(2)10-12-5-8(16-7(3)4)9(13-10)11(14)15/h5-7H,1-4H3,(H,14,15). The molecule has 0 aromatic carbocycles. The van der Waals surface area contributed by atoms with Gasteiger partial charge >= 0.3 is 5.97 Å². The molecule has 0 saturated carbocycles. The van der Waals surface area contributed by atoms with Gasteiger partial charge in [0.05, 0.1) is 4.90 Å². The Balaban J connectivity index is 3.14. The van der Waals surface area contributed by atoms with Crippen molar-refractivity contribution in [2.45, 2.75) is 43.8 Å². The van der Waals surface area contributed by atoms with E-state index in [2.05, 4.69) is 9.97 Å². The van der Waals surface area contributed by atoms with Crippen molar-refractivity contribution in [1.29, 1.82) is 0 Å². The van der Waals surface area contributed by atoms with E-state index in [1.54, 1.807) is 6.20 Å². The average molecular weight is 240 g/mol. The highest BCUT2D eigenvalue weighted by Gasteiger charge is 2.16. The molecule has 0 spiro atoms. The fourth-order valence-electron chi connectivity index (χ4n) is 1.16. The van der Waals surface area contributed by atoms with E-state index in [9.17, 15) is 4.79 Å². The normalized spacial score (nSPS) is 11.1. The fourth-order valence-corrected chi connectivity index (χ4v) is 2.02. The Morgan fingerprint density at radius 1 is 1.38 bits per heavy atom. The van der Waals surface area contributed by atoms with Gasteiger partial charge in [-0.3, -0.25) is 0 Å². The van der Waals surface area contributed by atoms with Crippen molar-refractivity contribution in [2.75, 3.05) is 0 Å². The molecule has 0 unspecified atom stereocenters. The first-order valence-electron chi connectivity index (χ1n) is 5.18. The van der Waals surface area contributed by atoms with E-state index in [1.165, 1.54) is 11.8 Å². The highest BCUT2D eigenvalue weighted by atomic mass is 32.2. The van der Waals surface area contributed by atoms with E-state index in [4.69, 9.17) is 5.11 Å². The van der Waals surface area contributed by atoms with Gasteiger partial charge in [-0.25, -0.2) is 14.8 Å². The zero-order valence-corrected chi connectivity index (χ0v) is 10.7. The Labute approximate surface area is 99.5 Å². The van der Waals surface area contributed by atoms with Crippen LogP contribution >= 0.6 is 11.8 Å². The molecule has 0 aliphatic rings. The number of thioether (sulfide) groups is 1. The van der Waals surface area contributed by atoms with Crippen molar-refractivity contribution >= 4 is 17.7 Å². The number of hydrogen-bond donors (Lipinski definition) is 1. The van der Waals surface area contributed by atoms with Gasteiger partial charge in [0.1, 0.15) is 5.82 Å². The first kappa shape index (κ1) is 13.0. The van der Waals surface area contributed by atoms with Crippen molar-refractivity contribution in [2.24, 2.45) is 0 Å². The molecular weight excluding hydrogens is 224 g/mol. The van der Waals surface area contributed by atoms with Gasteiger partial charge in [0.25, 0.3) is 0 Å². The summed E-state index contributed by atoms with van der Waals surface area (Å²) in [7, 11) is 0. The molecule has 16 heavy (non-hydrogen) atoms. The molecule has 0 aliphatic carbocycles. The largest absolute Gasteiger partial charge is 0.476 e. The van der Waals surface area contributed by atoms with Crippen LogP contribution in [0.2, 0.25) is 0 Å². The first-order chi connectivity index (χ1) is 7.41. The molecule has 1 N–H and O–H groups in total. The van der Waals surface area contributed by atoms with Gasteiger partial charge in [-0.05, 0) is 0 Å². The van der Waals surface area contributed by atoms with Crippen LogP contribution < -0.4 is 0 Å². The maximum Gasteiger partial charge on any atom is 0.355 e. The summed E-state index contributed by atoms with van der Waals surface area (Å²) in [6, 6.07) is 0. The number of carboxylic acid groups (broad SMARTS) is 1. The summed E-state index contributed by atoms with van der Waals surface area (Å²) >= 11 is 1.47.